The van der Waals surface area contributed by atoms with E-state index in [4.69, 9.17) is 5.48 Å². The zero-order chi connectivity index (χ0) is 10.5. The summed E-state index contributed by atoms with van der Waals surface area (Å²) in [6, 6.07) is -0.0944. The highest BCUT2D eigenvalue weighted by molar-refractivity contribution is 9.10. The molecular weight excluding hydrogens is 192 g/mol. The van der Waals surface area contributed by atoms with Crippen LogP contribution in [0.1, 0.15) is 5.48 Å². The van der Waals surface area contributed by atoms with E-state index in [0.717, 1.165) is 0 Å². The first kappa shape index (κ1) is 3.05. The molecule has 0 saturated heterocycles. The lowest BCUT2D eigenvalue weighted by molar-refractivity contribution is 1.31. The lowest BCUT2D eigenvalue weighted by atomic mass is 10.3. The van der Waals surface area contributed by atoms with Crippen molar-refractivity contribution in [1.29, 1.82) is 0 Å². The summed E-state index contributed by atoms with van der Waals surface area (Å²) < 4.78 is 30.1. The maximum Gasteiger partial charge on any atom is 0.115 e. The third-order valence-electron chi connectivity index (χ3n) is 1.17. The van der Waals surface area contributed by atoms with Gasteiger partial charge in [0.25, 0.3) is 0 Å². The fourth-order valence-corrected chi connectivity index (χ4v) is 1.10. The summed E-state index contributed by atoms with van der Waals surface area (Å²) >= 11 is 3.11. The van der Waals surface area contributed by atoms with E-state index in [2.05, 4.69) is 25.9 Å². The van der Waals surface area contributed by atoms with Crippen LogP contribution in [0.4, 0.5) is 0 Å². The average Bonchev–Trinajstić information content (AvgIpc) is 2.40. The molecule has 2 heterocycles. The second-order valence-electron chi connectivity index (χ2n) is 1.76. The van der Waals surface area contributed by atoms with Gasteiger partial charge >= 0.3 is 0 Å². The molecule has 0 aliphatic heterocycles. The molecule has 2 aromatic heterocycles. The van der Waals surface area contributed by atoms with Crippen molar-refractivity contribution in [1.82, 2.24) is 9.97 Å². The molecule has 0 spiro atoms. The van der Waals surface area contributed by atoms with Crippen molar-refractivity contribution in [2.45, 2.75) is 0 Å². The van der Waals surface area contributed by atoms with Crippen molar-refractivity contribution in [2.75, 3.05) is 0 Å². The molecule has 2 aromatic rings. The lowest BCUT2D eigenvalue weighted by Crippen LogP contribution is -1.73. The summed E-state index contributed by atoms with van der Waals surface area (Å²) in [7, 11) is 0. The number of H-pyrrole nitrogens is 1. The molecule has 10 heavy (non-hydrogen) atoms. The molecule has 0 aliphatic rings. The quantitative estimate of drug-likeness (QED) is 0.651. The molecule has 2 nitrogen and oxygen atoms in total. The van der Waals surface area contributed by atoms with Crippen molar-refractivity contribution in [3.8, 4) is 0 Å². The first-order valence-corrected chi connectivity index (χ1v) is 3.43. The Morgan fingerprint density at radius 1 is 1.60 bits per heavy atom. The fourth-order valence-electron chi connectivity index (χ4n) is 0.719. The van der Waals surface area contributed by atoms with Crippen LogP contribution < -0.4 is 0 Å². The summed E-state index contributed by atoms with van der Waals surface area (Å²) in [5, 5.41) is 0.385. The van der Waals surface area contributed by atoms with Gasteiger partial charge in [0.2, 0.25) is 0 Å². The van der Waals surface area contributed by atoms with Gasteiger partial charge in [0.05, 0.1) is 5.48 Å². The lowest BCUT2D eigenvalue weighted by Gasteiger charge is -1.89. The third kappa shape index (κ3) is 0.743. The Bertz CT molecular complexity index is 522. The maximum atomic E-state index is 7.54. The van der Waals surface area contributed by atoms with Crippen molar-refractivity contribution in [2.24, 2.45) is 0 Å². The van der Waals surface area contributed by atoms with Gasteiger partial charge in [-0.05, 0) is 28.0 Å². The fraction of sp³-hybridized carbons (Fsp3) is 0. The summed E-state index contributed by atoms with van der Waals surface area (Å²) in [6.07, 6.45) is -0.243. The van der Waals surface area contributed by atoms with E-state index in [9.17, 15) is 0 Å². The van der Waals surface area contributed by atoms with Gasteiger partial charge in [0.1, 0.15) is 4.60 Å². The van der Waals surface area contributed by atoms with E-state index >= 15 is 0 Å². The third-order valence-corrected chi connectivity index (χ3v) is 1.74. The van der Waals surface area contributed by atoms with Crippen LogP contribution in [0, 0.1) is 0 Å². The zero-order valence-corrected chi connectivity index (χ0v) is 6.41. The second-order valence-corrected chi connectivity index (χ2v) is 2.52. The highest BCUT2D eigenvalue weighted by Crippen LogP contribution is 2.19. The average molecular weight is 201 g/mol. The van der Waals surface area contributed by atoms with Crippen LogP contribution in [0.5, 0.6) is 0 Å². The van der Waals surface area contributed by atoms with Gasteiger partial charge < -0.3 is 4.98 Å². The number of nitrogens with zero attached hydrogens (tertiary/aromatic N) is 1. The number of aromatic amines is 1. The highest BCUT2D eigenvalue weighted by atomic mass is 79.9. The molecule has 1 N–H and O–H groups in total. The minimum Gasteiger partial charge on any atom is -0.361 e. The Hall–Kier alpha value is -0.830. The van der Waals surface area contributed by atoms with Crippen molar-refractivity contribution >= 4 is 26.8 Å². The van der Waals surface area contributed by atoms with Gasteiger partial charge in [-0.15, -0.1) is 0 Å². The van der Waals surface area contributed by atoms with E-state index in [1.807, 2.05) is 0 Å². The molecule has 0 bridgehead atoms. The Morgan fingerprint density at radius 2 is 2.50 bits per heavy atom. The van der Waals surface area contributed by atoms with E-state index in [1.54, 1.807) is 0 Å². The molecule has 0 aromatic carbocycles. The van der Waals surface area contributed by atoms with Crippen molar-refractivity contribution in [3.05, 3.63) is 29.0 Å². The first-order chi connectivity index (χ1) is 6.52. The second kappa shape index (κ2) is 2.09. The molecule has 0 aliphatic carbocycles. The number of rotatable bonds is 0. The van der Waals surface area contributed by atoms with Crippen LogP contribution in [0.15, 0.2) is 29.0 Å². The molecular formula is C7H5BrN2. The topological polar surface area (TPSA) is 28.7 Å². The number of hydrogen-bond donors (Lipinski definition) is 1. The predicted molar refractivity (Wildman–Crippen MR) is 43.8 cm³/mol. The van der Waals surface area contributed by atoms with Crippen LogP contribution in [0.3, 0.4) is 0 Å². The summed E-state index contributed by atoms with van der Waals surface area (Å²) in [5.41, 5.74) is 0.312. The standard InChI is InChI=1S/C7H5BrN2/c8-7-5-1-3-9-6(5)2-4-10-7/h1-4,9H/i1D,2D,3D,4D. The van der Waals surface area contributed by atoms with E-state index in [-0.39, 0.29) is 24.4 Å². The van der Waals surface area contributed by atoms with Crippen LogP contribution in [-0.4, -0.2) is 9.97 Å². The van der Waals surface area contributed by atoms with Gasteiger partial charge in [-0.25, -0.2) is 4.98 Å². The van der Waals surface area contributed by atoms with Gasteiger partial charge in [0.15, 0.2) is 0 Å². The Kier molecular flexibility index (Phi) is 0.638. The van der Waals surface area contributed by atoms with Crippen LogP contribution in [0.2, 0.25) is 0 Å². The maximum absolute atomic E-state index is 7.54. The Labute approximate surface area is 72.0 Å². The molecule has 0 fully saturated rings. The summed E-state index contributed by atoms with van der Waals surface area (Å²) in [6.45, 7) is 0. The summed E-state index contributed by atoms with van der Waals surface area (Å²) in [5.74, 6) is 0. The van der Waals surface area contributed by atoms with E-state index in [0.29, 0.717) is 15.5 Å². The molecule has 50 valence electrons. The van der Waals surface area contributed by atoms with Crippen LogP contribution >= 0.6 is 15.9 Å². The molecule has 3 heteroatoms. The minimum atomic E-state index is -0.175. The van der Waals surface area contributed by atoms with Gasteiger partial charge in [-0.2, -0.15) is 0 Å². The molecule has 0 radical (unpaired) electrons. The first-order valence-electron chi connectivity index (χ1n) is 4.64. The summed E-state index contributed by atoms with van der Waals surface area (Å²) in [4.78, 5) is 6.33. The largest absolute Gasteiger partial charge is 0.361 e. The predicted octanol–water partition coefficient (Wildman–Crippen LogP) is 2.33. The highest BCUT2D eigenvalue weighted by Gasteiger charge is 1.96. The van der Waals surface area contributed by atoms with Gasteiger partial charge in [-0.1, -0.05) is 0 Å². The van der Waals surface area contributed by atoms with Crippen LogP contribution in [-0.2, 0) is 0 Å². The molecule has 0 amide bonds. The Balaban J connectivity index is 3.02. The normalized spacial score (nSPS) is 16.1. The van der Waals surface area contributed by atoms with Gasteiger partial charge in [-0.3, -0.25) is 0 Å². The van der Waals surface area contributed by atoms with Gasteiger partial charge in [0, 0.05) is 23.2 Å². The van der Waals surface area contributed by atoms with E-state index in [1.165, 1.54) is 0 Å². The minimum absolute atomic E-state index is 0.00660. The molecule has 0 unspecified atom stereocenters. The number of hydrogen-bond acceptors (Lipinski definition) is 1. The van der Waals surface area contributed by atoms with E-state index < -0.39 is 0 Å². The molecule has 0 atom stereocenters. The molecule has 2 rings (SSSR count). The number of aromatic nitrogens is 2. The van der Waals surface area contributed by atoms with Crippen molar-refractivity contribution < 1.29 is 5.48 Å². The Morgan fingerprint density at radius 3 is 3.40 bits per heavy atom. The number of pyridine rings is 1. The zero-order valence-electron chi connectivity index (χ0n) is 8.83. The molecule has 0 saturated carbocycles. The van der Waals surface area contributed by atoms with Crippen molar-refractivity contribution in [3.63, 3.8) is 0 Å². The van der Waals surface area contributed by atoms with Crippen LogP contribution in [0.25, 0.3) is 10.9 Å². The monoisotopic (exact) mass is 200 g/mol. The number of halogens is 1. The number of nitrogens with one attached hydrogen (secondary N) is 1. The SMILES string of the molecule is [2H]c1nc(Br)c2c([2H])c([2H])[nH]c2c1[2H]. The smallest absolute Gasteiger partial charge is 0.115 e. The number of fused-ring (bicyclic) bond motifs is 1.